The molecule has 20 heavy (non-hydrogen) atoms. The van der Waals surface area contributed by atoms with E-state index in [1.165, 1.54) is 18.2 Å². The lowest BCUT2D eigenvalue weighted by molar-refractivity contribution is 0.102. The summed E-state index contributed by atoms with van der Waals surface area (Å²) < 4.78 is 10.4. The highest BCUT2D eigenvalue weighted by Gasteiger charge is 2.15. The van der Waals surface area contributed by atoms with E-state index in [0.717, 1.165) is 0 Å². The monoisotopic (exact) mass is 273 g/mol. The number of carbonyl (C=O) groups excluding carboxylic acids is 1. The molecule has 0 aromatic heterocycles. The molecule has 0 fully saturated rings. The molecule has 102 valence electrons. The van der Waals surface area contributed by atoms with Crippen molar-refractivity contribution in [3.05, 3.63) is 42.0 Å². The minimum atomic E-state index is -0.404. The van der Waals surface area contributed by atoms with Crippen LogP contribution in [-0.2, 0) is 0 Å². The second kappa shape index (κ2) is 4.65. The summed E-state index contributed by atoms with van der Waals surface area (Å²) in [5.74, 6) is 0.175. The maximum absolute atomic E-state index is 12.0. The molecule has 0 unspecified atom stereocenters. The molecule has 0 saturated carbocycles. The van der Waals surface area contributed by atoms with Gasteiger partial charge in [-0.1, -0.05) is 0 Å². The SMILES string of the molecule is O=C(Nc1ccc2c(c1)OCO2)c1ccc(O)c(O)c1. The third kappa shape index (κ3) is 2.18. The van der Waals surface area contributed by atoms with E-state index in [4.69, 9.17) is 9.47 Å². The average molecular weight is 273 g/mol. The molecule has 1 amide bonds. The molecule has 0 radical (unpaired) electrons. The summed E-state index contributed by atoms with van der Waals surface area (Å²) in [6.45, 7) is 0.165. The Morgan fingerprint density at radius 1 is 1.00 bits per heavy atom. The van der Waals surface area contributed by atoms with Gasteiger partial charge in [-0.05, 0) is 30.3 Å². The van der Waals surface area contributed by atoms with Crippen molar-refractivity contribution in [1.82, 2.24) is 0 Å². The van der Waals surface area contributed by atoms with Crippen molar-refractivity contribution < 1.29 is 24.5 Å². The number of hydrogen-bond donors (Lipinski definition) is 3. The number of fused-ring (bicyclic) bond motifs is 1. The van der Waals surface area contributed by atoms with Crippen molar-refractivity contribution in [3.63, 3.8) is 0 Å². The average Bonchev–Trinajstić information content (AvgIpc) is 2.89. The Labute approximate surface area is 114 Å². The quantitative estimate of drug-likeness (QED) is 0.729. The first-order chi connectivity index (χ1) is 9.63. The standard InChI is InChI=1S/C14H11NO5/c16-10-3-1-8(5-11(10)17)14(18)15-9-2-4-12-13(6-9)20-7-19-12/h1-6,16-17H,7H2,(H,15,18). The molecular formula is C14H11NO5. The summed E-state index contributed by atoms with van der Waals surface area (Å²) in [5, 5.41) is 21.3. The highest BCUT2D eigenvalue weighted by Crippen LogP contribution is 2.34. The van der Waals surface area contributed by atoms with Crippen LogP contribution in [0.1, 0.15) is 10.4 Å². The van der Waals surface area contributed by atoms with E-state index in [1.54, 1.807) is 18.2 Å². The summed E-state index contributed by atoms with van der Waals surface area (Å²) >= 11 is 0. The van der Waals surface area contributed by atoms with Gasteiger partial charge in [-0.3, -0.25) is 4.79 Å². The van der Waals surface area contributed by atoms with E-state index in [1.807, 2.05) is 0 Å². The van der Waals surface area contributed by atoms with Crippen molar-refractivity contribution >= 4 is 11.6 Å². The van der Waals surface area contributed by atoms with Gasteiger partial charge in [0.25, 0.3) is 5.91 Å². The largest absolute Gasteiger partial charge is 0.504 e. The van der Waals surface area contributed by atoms with Gasteiger partial charge in [0, 0.05) is 17.3 Å². The maximum Gasteiger partial charge on any atom is 0.255 e. The number of carbonyl (C=O) groups is 1. The summed E-state index contributed by atoms with van der Waals surface area (Å²) in [6.07, 6.45) is 0. The van der Waals surface area contributed by atoms with Crippen LogP contribution < -0.4 is 14.8 Å². The third-order valence-electron chi connectivity index (χ3n) is 2.87. The van der Waals surface area contributed by atoms with Crippen LogP contribution in [-0.4, -0.2) is 22.9 Å². The van der Waals surface area contributed by atoms with Crippen molar-refractivity contribution in [3.8, 4) is 23.0 Å². The summed E-state index contributed by atoms with van der Waals surface area (Å²) in [5.41, 5.74) is 0.782. The number of hydrogen-bond acceptors (Lipinski definition) is 5. The van der Waals surface area contributed by atoms with Crippen LogP contribution in [0.25, 0.3) is 0 Å². The van der Waals surface area contributed by atoms with E-state index >= 15 is 0 Å². The first kappa shape index (κ1) is 12.2. The first-order valence-corrected chi connectivity index (χ1v) is 5.86. The minimum Gasteiger partial charge on any atom is -0.504 e. The summed E-state index contributed by atoms with van der Waals surface area (Å²) in [7, 11) is 0. The second-order valence-corrected chi connectivity index (χ2v) is 4.23. The van der Waals surface area contributed by atoms with Crippen LogP contribution in [0.3, 0.4) is 0 Å². The topological polar surface area (TPSA) is 88.0 Å². The Morgan fingerprint density at radius 2 is 1.80 bits per heavy atom. The van der Waals surface area contributed by atoms with Gasteiger partial charge in [0.1, 0.15) is 0 Å². The Balaban J connectivity index is 1.80. The number of phenols is 2. The fraction of sp³-hybridized carbons (Fsp3) is 0.0714. The molecule has 0 spiro atoms. The number of phenolic OH excluding ortho intramolecular Hbond substituents is 2. The van der Waals surface area contributed by atoms with Crippen LogP contribution in [0.5, 0.6) is 23.0 Å². The predicted octanol–water partition coefficient (Wildman–Crippen LogP) is 2.08. The smallest absolute Gasteiger partial charge is 0.255 e. The number of nitrogens with one attached hydrogen (secondary N) is 1. The van der Waals surface area contributed by atoms with E-state index in [9.17, 15) is 15.0 Å². The summed E-state index contributed by atoms with van der Waals surface area (Å²) in [6, 6.07) is 8.90. The highest BCUT2D eigenvalue weighted by atomic mass is 16.7. The van der Waals surface area contributed by atoms with Gasteiger partial charge >= 0.3 is 0 Å². The molecule has 2 aromatic carbocycles. The number of anilines is 1. The molecule has 6 nitrogen and oxygen atoms in total. The van der Waals surface area contributed by atoms with E-state index < -0.39 is 5.91 Å². The van der Waals surface area contributed by atoms with Crippen molar-refractivity contribution in [2.45, 2.75) is 0 Å². The molecule has 0 atom stereocenters. The predicted molar refractivity (Wildman–Crippen MR) is 70.3 cm³/mol. The zero-order valence-corrected chi connectivity index (χ0v) is 10.3. The zero-order valence-electron chi connectivity index (χ0n) is 10.3. The molecule has 6 heteroatoms. The molecule has 3 rings (SSSR count). The number of amides is 1. The molecule has 3 N–H and O–H groups in total. The van der Waals surface area contributed by atoms with Gasteiger partial charge in [-0.2, -0.15) is 0 Å². The van der Waals surface area contributed by atoms with Crippen LogP contribution in [0.4, 0.5) is 5.69 Å². The third-order valence-corrected chi connectivity index (χ3v) is 2.87. The van der Waals surface area contributed by atoms with Gasteiger partial charge in [0.2, 0.25) is 6.79 Å². The van der Waals surface area contributed by atoms with Crippen molar-refractivity contribution in [2.24, 2.45) is 0 Å². The minimum absolute atomic E-state index is 0.165. The van der Waals surface area contributed by atoms with E-state index in [2.05, 4.69) is 5.32 Å². The normalized spacial score (nSPS) is 12.2. The van der Waals surface area contributed by atoms with Crippen molar-refractivity contribution in [2.75, 3.05) is 12.1 Å². The Kier molecular flexibility index (Phi) is 2.83. The number of rotatable bonds is 2. The molecule has 0 aliphatic carbocycles. The first-order valence-electron chi connectivity index (χ1n) is 5.86. The second-order valence-electron chi connectivity index (χ2n) is 4.23. The number of benzene rings is 2. The number of ether oxygens (including phenoxy) is 2. The fourth-order valence-corrected chi connectivity index (χ4v) is 1.84. The molecule has 2 aromatic rings. The van der Waals surface area contributed by atoms with Gasteiger partial charge in [-0.15, -0.1) is 0 Å². The lowest BCUT2D eigenvalue weighted by atomic mass is 10.2. The Morgan fingerprint density at radius 3 is 2.60 bits per heavy atom. The van der Waals surface area contributed by atoms with Gasteiger partial charge in [-0.25, -0.2) is 0 Å². The van der Waals surface area contributed by atoms with Gasteiger partial charge in [0.05, 0.1) is 0 Å². The zero-order chi connectivity index (χ0) is 14.1. The Hall–Kier alpha value is -2.89. The van der Waals surface area contributed by atoms with Crippen LogP contribution >= 0.6 is 0 Å². The molecular weight excluding hydrogens is 262 g/mol. The van der Waals surface area contributed by atoms with Gasteiger partial charge < -0.3 is 25.0 Å². The highest BCUT2D eigenvalue weighted by molar-refractivity contribution is 6.04. The maximum atomic E-state index is 12.0. The summed E-state index contributed by atoms with van der Waals surface area (Å²) in [4.78, 5) is 12.0. The van der Waals surface area contributed by atoms with Crippen molar-refractivity contribution in [1.29, 1.82) is 0 Å². The van der Waals surface area contributed by atoms with Crippen LogP contribution in [0, 0.1) is 0 Å². The van der Waals surface area contributed by atoms with Crippen LogP contribution in [0.2, 0.25) is 0 Å². The lowest BCUT2D eigenvalue weighted by Crippen LogP contribution is -2.11. The fourth-order valence-electron chi connectivity index (χ4n) is 1.84. The van der Waals surface area contributed by atoms with E-state index in [0.29, 0.717) is 17.2 Å². The molecule has 1 heterocycles. The van der Waals surface area contributed by atoms with Gasteiger partial charge in [0.15, 0.2) is 23.0 Å². The molecule has 0 saturated heterocycles. The van der Waals surface area contributed by atoms with E-state index in [-0.39, 0.29) is 23.9 Å². The Bertz CT molecular complexity index is 683. The molecule has 0 bridgehead atoms. The number of aromatic hydroxyl groups is 2. The molecule has 1 aliphatic heterocycles. The lowest BCUT2D eigenvalue weighted by Gasteiger charge is -2.07. The van der Waals surface area contributed by atoms with Crippen LogP contribution in [0.15, 0.2) is 36.4 Å². The molecule has 1 aliphatic rings.